The molecule has 0 bridgehead atoms. The van der Waals surface area contributed by atoms with Crippen molar-refractivity contribution >= 4 is 51.9 Å². The number of hydrogen-bond donors (Lipinski definition) is 2. The fourth-order valence-corrected chi connectivity index (χ4v) is 2.56. The van der Waals surface area contributed by atoms with E-state index in [1.54, 1.807) is 6.92 Å². The number of amides is 1. The molecule has 2 aromatic rings. The largest absolute Gasteiger partial charge is 0.332 e. The maximum absolute atomic E-state index is 12.2. The Labute approximate surface area is 146 Å². The van der Waals surface area contributed by atoms with Crippen molar-refractivity contribution in [1.29, 1.82) is 0 Å². The topological polar surface area (TPSA) is 44.4 Å². The van der Waals surface area contributed by atoms with Crippen LogP contribution in [0.3, 0.4) is 0 Å². The van der Waals surface area contributed by atoms with E-state index in [9.17, 15) is 4.79 Å². The number of rotatable bonds is 3. The van der Waals surface area contributed by atoms with Gasteiger partial charge in [0.05, 0.1) is 0 Å². The van der Waals surface area contributed by atoms with Crippen molar-refractivity contribution in [3.8, 4) is 0 Å². The average molecular weight is 343 g/mol. The fourth-order valence-electron chi connectivity index (χ4n) is 1.88. The van der Waals surface area contributed by atoms with Crippen LogP contribution in [-0.2, 0) is 4.79 Å². The molecule has 6 heteroatoms. The lowest BCUT2D eigenvalue weighted by molar-refractivity contribution is -0.124. The summed E-state index contributed by atoms with van der Waals surface area (Å²) in [4.78, 5) is 13.6. The molecule has 2 N–H and O–H groups in total. The van der Waals surface area contributed by atoms with Gasteiger partial charge in [0.2, 0.25) is 5.91 Å². The maximum atomic E-state index is 12.2. The molecule has 0 radical (unpaired) electrons. The zero-order valence-corrected chi connectivity index (χ0v) is 14.3. The van der Waals surface area contributed by atoms with Gasteiger partial charge >= 0.3 is 0 Å². The molecule has 2 rings (SSSR count). The molecule has 0 spiro atoms. The van der Waals surface area contributed by atoms with Gasteiger partial charge in [0.1, 0.15) is 0 Å². The van der Waals surface area contributed by atoms with E-state index in [1.807, 2.05) is 60.7 Å². The lowest BCUT2D eigenvalue weighted by Crippen LogP contribution is -2.46. The second-order valence-corrected chi connectivity index (χ2v) is 5.45. The second-order valence-electron chi connectivity index (χ2n) is 4.68. The Morgan fingerprint density at radius 2 is 1.26 bits per heavy atom. The Morgan fingerprint density at radius 1 is 0.870 bits per heavy atom. The lowest BCUT2D eigenvalue weighted by Gasteiger charge is -2.24. The summed E-state index contributed by atoms with van der Waals surface area (Å²) in [5.74, 6) is -0.174. The molecule has 23 heavy (non-hydrogen) atoms. The van der Waals surface area contributed by atoms with Gasteiger partial charge < -0.3 is 10.6 Å². The number of benzene rings is 2. The van der Waals surface area contributed by atoms with E-state index in [1.165, 1.54) is 4.90 Å². The molecule has 0 aliphatic carbocycles. The normalized spacial score (nSPS) is 9.78. The molecular weight excluding hydrogens is 326 g/mol. The molecule has 0 aliphatic heterocycles. The standard InChI is InChI=1S/C17H17N3OS2/c1-2-15(21)20(16(22)18-13-9-5-3-6-10-13)17(23)19-14-11-7-4-8-12-14/h3-12H,2H2,1H3,(H,18,22)(H,19,23). The van der Waals surface area contributed by atoms with Gasteiger partial charge in [0.15, 0.2) is 10.2 Å². The van der Waals surface area contributed by atoms with Gasteiger partial charge in [0.25, 0.3) is 0 Å². The number of hydrogen-bond acceptors (Lipinski definition) is 3. The highest BCUT2D eigenvalue weighted by atomic mass is 32.1. The Morgan fingerprint density at radius 3 is 1.61 bits per heavy atom. The molecule has 0 aromatic heterocycles. The highest BCUT2D eigenvalue weighted by Gasteiger charge is 2.21. The molecular formula is C17H17N3OS2. The van der Waals surface area contributed by atoms with Gasteiger partial charge in [-0.3, -0.25) is 4.79 Å². The maximum Gasteiger partial charge on any atom is 0.234 e. The zero-order valence-electron chi connectivity index (χ0n) is 12.7. The number of carbonyl (C=O) groups excluding carboxylic acids is 1. The minimum atomic E-state index is -0.174. The summed E-state index contributed by atoms with van der Waals surface area (Å²) in [7, 11) is 0. The van der Waals surface area contributed by atoms with Crippen LogP contribution in [0, 0.1) is 0 Å². The van der Waals surface area contributed by atoms with Gasteiger partial charge in [-0.05, 0) is 48.7 Å². The summed E-state index contributed by atoms with van der Waals surface area (Å²) in [6.07, 6.45) is 0.299. The minimum absolute atomic E-state index is 0.174. The summed E-state index contributed by atoms with van der Waals surface area (Å²) in [6, 6.07) is 18.8. The van der Waals surface area contributed by atoms with Gasteiger partial charge in [-0.1, -0.05) is 43.3 Å². The van der Waals surface area contributed by atoms with E-state index >= 15 is 0 Å². The Hall–Kier alpha value is -2.31. The van der Waals surface area contributed by atoms with Gasteiger partial charge in [-0.15, -0.1) is 0 Å². The minimum Gasteiger partial charge on any atom is -0.332 e. The van der Waals surface area contributed by atoms with E-state index in [0.717, 1.165) is 11.4 Å². The zero-order chi connectivity index (χ0) is 16.7. The molecule has 0 heterocycles. The highest BCUT2D eigenvalue weighted by molar-refractivity contribution is 7.82. The van der Waals surface area contributed by atoms with Crippen molar-refractivity contribution < 1.29 is 4.79 Å². The van der Waals surface area contributed by atoms with Crippen molar-refractivity contribution in [2.75, 3.05) is 10.6 Å². The van der Waals surface area contributed by atoms with E-state index in [2.05, 4.69) is 10.6 Å². The van der Waals surface area contributed by atoms with E-state index in [4.69, 9.17) is 24.4 Å². The predicted molar refractivity (Wildman–Crippen MR) is 102 cm³/mol. The van der Waals surface area contributed by atoms with E-state index in [-0.39, 0.29) is 16.1 Å². The van der Waals surface area contributed by atoms with Crippen LogP contribution in [0.2, 0.25) is 0 Å². The predicted octanol–water partition coefficient (Wildman–Crippen LogP) is 4.02. The Balaban J connectivity index is 2.14. The van der Waals surface area contributed by atoms with Crippen LogP contribution in [0.5, 0.6) is 0 Å². The molecule has 0 saturated carbocycles. The molecule has 0 saturated heterocycles. The molecule has 4 nitrogen and oxygen atoms in total. The lowest BCUT2D eigenvalue weighted by atomic mass is 10.3. The Bertz CT molecular complexity index is 636. The average Bonchev–Trinajstić information content (AvgIpc) is 2.56. The summed E-state index contributed by atoms with van der Waals surface area (Å²) in [5.41, 5.74) is 1.60. The summed E-state index contributed by atoms with van der Waals surface area (Å²) in [6.45, 7) is 1.77. The van der Waals surface area contributed by atoms with Crippen molar-refractivity contribution in [3.63, 3.8) is 0 Å². The quantitative estimate of drug-likeness (QED) is 0.824. The van der Waals surface area contributed by atoms with Gasteiger partial charge in [-0.2, -0.15) is 0 Å². The summed E-state index contributed by atoms with van der Waals surface area (Å²) >= 11 is 10.7. The first-order valence-corrected chi connectivity index (χ1v) is 7.98. The van der Waals surface area contributed by atoms with Gasteiger partial charge in [-0.25, -0.2) is 4.90 Å². The SMILES string of the molecule is CCC(=O)N(C(=S)Nc1ccccc1)C(=S)Nc1ccccc1. The van der Waals surface area contributed by atoms with E-state index in [0.29, 0.717) is 6.42 Å². The summed E-state index contributed by atoms with van der Waals surface area (Å²) < 4.78 is 0. The van der Waals surface area contributed by atoms with Crippen LogP contribution in [0.4, 0.5) is 11.4 Å². The number of para-hydroxylation sites is 2. The smallest absolute Gasteiger partial charge is 0.234 e. The summed E-state index contributed by atoms with van der Waals surface area (Å²) in [5, 5.41) is 6.56. The van der Waals surface area contributed by atoms with E-state index < -0.39 is 0 Å². The monoisotopic (exact) mass is 343 g/mol. The van der Waals surface area contributed by atoms with Crippen molar-refractivity contribution in [2.45, 2.75) is 13.3 Å². The van der Waals surface area contributed by atoms with Crippen LogP contribution >= 0.6 is 24.4 Å². The molecule has 0 atom stereocenters. The molecule has 0 fully saturated rings. The number of carbonyl (C=O) groups is 1. The first kappa shape index (κ1) is 17.1. The molecule has 1 amide bonds. The van der Waals surface area contributed by atoms with Crippen LogP contribution in [0.15, 0.2) is 60.7 Å². The number of nitrogens with one attached hydrogen (secondary N) is 2. The Kier molecular flexibility index (Phi) is 6.19. The van der Waals surface area contributed by atoms with Gasteiger partial charge in [0, 0.05) is 17.8 Å². The number of nitrogens with zero attached hydrogens (tertiary/aromatic N) is 1. The highest BCUT2D eigenvalue weighted by Crippen LogP contribution is 2.11. The van der Waals surface area contributed by atoms with Crippen LogP contribution in [0.1, 0.15) is 13.3 Å². The molecule has 2 aromatic carbocycles. The van der Waals surface area contributed by atoms with Crippen molar-refractivity contribution in [1.82, 2.24) is 4.90 Å². The molecule has 118 valence electrons. The number of thiocarbonyl (C=S) groups is 2. The third kappa shape index (κ3) is 4.84. The van der Waals surface area contributed by atoms with Crippen LogP contribution in [-0.4, -0.2) is 21.0 Å². The second kappa shape index (κ2) is 8.36. The third-order valence-corrected chi connectivity index (χ3v) is 3.58. The van der Waals surface area contributed by atoms with Crippen molar-refractivity contribution in [2.24, 2.45) is 0 Å². The molecule has 0 aliphatic rings. The van der Waals surface area contributed by atoms with Crippen molar-refractivity contribution in [3.05, 3.63) is 60.7 Å². The van der Waals surface area contributed by atoms with Crippen LogP contribution in [0.25, 0.3) is 0 Å². The first-order chi connectivity index (χ1) is 11.1. The van der Waals surface area contributed by atoms with Crippen LogP contribution < -0.4 is 10.6 Å². The fraction of sp³-hybridized carbons (Fsp3) is 0.118. The third-order valence-electron chi connectivity index (χ3n) is 3.01. The molecule has 0 unspecified atom stereocenters. The number of anilines is 2. The first-order valence-electron chi connectivity index (χ1n) is 7.17.